The van der Waals surface area contributed by atoms with Crippen molar-refractivity contribution in [2.75, 3.05) is 25.6 Å². The highest BCUT2D eigenvalue weighted by molar-refractivity contribution is 14.1. The fourth-order valence-electron chi connectivity index (χ4n) is 1.09. The maximum atomic E-state index is 5.87. The first-order valence-electron chi connectivity index (χ1n) is 4.89. The quantitative estimate of drug-likeness (QED) is 0.189. The normalized spacial score (nSPS) is 11.4. The van der Waals surface area contributed by atoms with E-state index < -0.39 is 0 Å². The van der Waals surface area contributed by atoms with Crippen molar-refractivity contribution in [2.45, 2.75) is 0 Å². The van der Waals surface area contributed by atoms with Crippen molar-refractivity contribution in [3.8, 4) is 0 Å². The van der Waals surface area contributed by atoms with Crippen molar-refractivity contribution in [1.29, 1.82) is 0 Å². The van der Waals surface area contributed by atoms with Crippen LogP contribution in [0.25, 0.3) is 0 Å². The number of benzene rings is 1. The van der Waals surface area contributed by atoms with Gasteiger partial charge in [0.05, 0.1) is 18.8 Å². The van der Waals surface area contributed by atoms with Crippen LogP contribution in [0.2, 0.25) is 5.02 Å². The summed E-state index contributed by atoms with van der Waals surface area (Å²) in [5, 5.41) is 3.77. The van der Waals surface area contributed by atoms with Crippen LogP contribution < -0.4 is 16.6 Å². The first kappa shape index (κ1) is 14.5. The van der Waals surface area contributed by atoms with Crippen LogP contribution in [0.4, 0.5) is 5.69 Å². The number of rotatable bonds is 4. The van der Waals surface area contributed by atoms with Crippen LogP contribution in [-0.2, 0) is 4.74 Å². The van der Waals surface area contributed by atoms with E-state index in [1.807, 2.05) is 12.1 Å². The van der Waals surface area contributed by atoms with Crippen LogP contribution >= 0.6 is 34.2 Å². The second-order valence-electron chi connectivity index (χ2n) is 3.12. The van der Waals surface area contributed by atoms with Crippen LogP contribution in [0.1, 0.15) is 0 Å². The molecule has 1 rings (SSSR count). The SMILES string of the molecule is COCCN=C(NN)Nc1ccc(Cl)cc1I. The Hall–Kier alpha value is -0.570. The number of nitrogens with two attached hydrogens (primary N) is 1. The zero-order valence-corrected chi connectivity index (χ0v) is 12.2. The summed E-state index contributed by atoms with van der Waals surface area (Å²) >= 11 is 8.06. The molecule has 5 nitrogen and oxygen atoms in total. The molecule has 7 heteroatoms. The lowest BCUT2D eigenvalue weighted by molar-refractivity contribution is 0.208. The number of nitrogens with zero attached hydrogens (tertiary/aromatic N) is 1. The lowest BCUT2D eigenvalue weighted by Crippen LogP contribution is -2.36. The Labute approximate surface area is 119 Å². The number of nitrogens with one attached hydrogen (secondary N) is 2. The van der Waals surface area contributed by atoms with Crippen molar-refractivity contribution >= 4 is 45.8 Å². The molecule has 4 N–H and O–H groups in total. The summed E-state index contributed by atoms with van der Waals surface area (Å²) in [7, 11) is 1.63. The molecular formula is C10H14ClIN4O. The summed E-state index contributed by atoms with van der Waals surface area (Å²) in [6.07, 6.45) is 0. The third kappa shape index (κ3) is 5.07. The number of hydrogen-bond donors (Lipinski definition) is 3. The second kappa shape index (κ2) is 7.70. The van der Waals surface area contributed by atoms with Gasteiger partial charge in [0.1, 0.15) is 0 Å². The van der Waals surface area contributed by atoms with Crippen molar-refractivity contribution < 1.29 is 4.74 Å². The van der Waals surface area contributed by atoms with Crippen LogP contribution in [0.5, 0.6) is 0 Å². The van der Waals surface area contributed by atoms with E-state index in [0.29, 0.717) is 24.1 Å². The highest BCUT2D eigenvalue weighted by Crippen LogP contribution is 2.21. The van der Waals surface area contributed by atoms with Gasteiger partial charge in [-0.2, -0.15) is 0 Å². The number of anilines is 1. The number of methoxy groups -OCH3 is 1. The largest absolute Gasteiger partial charge is 0.383 e. The molecule has 0 unspecified atom stereocenters. The van der Waals surface area contributed by atoms with Crippen LogP contribution in [0, 0.1) is 3.57 Å². The Morgan fingerprint density at radius 3 is 2.94 bits per heavy atom. The van der Waals surface area contributed by atoms with Crippen LogP contribution in [0.3, 0.4) is 0 Å². The first-order chi connectivity index (χ1) is 8.17. The zero-order valence-electron chi connectivity index (χ0n) is 9.34. The second-order valence-corrected chi connectivity index (χ2v) is 4.72. The molecule has 0 aromatic heterocycles. The monoisotopic (exact) mass is 368 g/mol. The molecule has 94 valence electrons. The highest BCUT2D eigenvalue weighted by atomic mass is 127. The smallest absolute Gasteiger partial charge is 0.210 e. The van der Waals surface area contributed by atoms with E-state index in [0.717, 1.165) is 9.26 Å². The molecular weight excluding hydrogens is 354 g/mol. The van der Waals surface area contributed by atoms with Gasteiger partial charge in [0.2, 0.25) is 5.96 Å². The molecule has 0 aliphatic rings. The number of ether oxygens (including phenoxy) is 1. The predicted octanol–water partition coefficient (Wildman–Crippen LogP) is 1.82. The van der Waals surface area contributed by atoms with E-state index >= 15 is 0 Å². The molecule has 0 fully saturated rings. The zero-order chi connectivity index (χ0) is 12.7. The van der Waals surface area contributed by atoms with Gasteiger partial charge in [-0.25, -0.2) is 10.8 Å². The fourth-order valence-corrected chi connectivity index (χ4v) is 2.09. The van der Waals surface area contributed by atoms with E-state index in [2.05, 4.69) is 38.3 Å². The van der Waals surface area contributed by atoms with E-state index in [4.69, 9.17) is 22.2 Å². The molecule has 17 heavy (non-hydrogen) atoms. The number of guanidine groups is 1. The van der Waals surface area contributed by atoms with Crippen molar-refractivity contribution in [1.82, 2.24) is 5.43 Å². The first-order valence-corrected chi connectivity index (χ1v) is 6.35. The van der Waals surface area contributed by atoms with Crippen molar-refractivity contribution in [2.24, 2.45) is 10.8 Å². The third-order valence-corrected chi connectivity index (χ3v) is 3.01. The number of hydrazine groups is 1. The van der Waals surface area contributed by atoms with Crippen LogP contribution in [-0.4, -0.2) is 26.2 Å². The van der Waals surface area contributed by atoms with Gasteiger partial charge >= 0.3 is 0 Å². The molecule has 0 aliphatic heterocycles. The van der Waals surface area contributed by atoms with Gasteiger partial charge in [-0.15, -0.1) is 0 Å². The lowest BCUT2D eigenvalue weighted by Gasteiger charge is -2.10. The Balaban J connectivity index is 2.70. The van der Waals surface area contributed by atoms with Gasteiger partial charge in [-0.05, 0) is 40.8 Å². The minimum atomic E-state index is 0.488. The van der Waals surface area contributed by atoms with Gasteiger partial charge in [-0.1, -0.05) is 11.6 Å². The summed E-state index contributed by atoms with van der Waals surface area (Å²) in [5.41, 5.74) is 3.39. The molecule has 0 atom stereocenters. The molecule has 0 aliphatic carbocycles. The maximum absolute atomic E-state index is 5.87. The Morgan fingerprint density at radius 2 is 2.35 bits per heavy atom. The van der Waals surface area contributed by atoms with Gasteiger partial charge in [-0.3, -0.25) is 5.43 Å². The van der Waals surface area contributed by atoms with E-state index in [9.17, 15) is 0 Å². The Kier molecular flexibility index (Phi) is 6.56. The molecule has 0 amide bonds. The van der Waals surface area contributed by atoms with Gasteiger partial charge in [0, 0.05) is 15.7 Å². The summed E-state index contributed by atoms with van der Waals surface area (Å²) < 4.78 is 5.89. The third-order valence-electron chi connectivity index (χ3n) is 1.89. The summed E-state index contributed by atoms with van der Waals surface area (Å²) in [6, 6.07) is 5.52. The number of halogens is 2. The van der Waals surface area contributed by atoms with E-state index in [-0.39, 0.29) is 0 Å². The Morgan fingerprint density at radius 1 is 1.59 bits per heavy atom. The molecule has 1 aromatic rings. The van der Waals surface area contributed by atoms with Crippen molar-refractivity contribution in [3.63, 3.8) is 0 Å². The average molecular weight is 369 g/mol. The maximum Gasteiger partial charge on any atom is 0.210 e. The number of aliphatic imine (C=N–C) groups is 1. The molecule has 1 aromatic carbocycles. The minimum Gasteiger partial charge on any atom is -0.383 e. The molecule has 0 saturated heterocycles. The predicted molar refractivity (Wildman–Crippen MR) is 79.3 cm³/mol. The molecule has 0 heterocycles. The summed E-state index contributed by atoms with van der Waals surface area (Å²) in [4.78, 5) is 4.20. The summed E-state index contributed by atoms with van der Waals surface area (Å²) in [6.45, 7) is 1.08. The molecule has 0 saturated carbocycles. The molecule has 0 spiro atoms. The Bertz CT molecular complexity index is 400. The van der Waals surface area contributed by atoms with Crippen molar-refractivity contribution in [3.05, 3.63) is 26.8 Å². The number of hydrogen-bond acceptors (Lipinski definition) is 3. The standard InChI is InChI=1S/C10H14ClIN4O/c1-17-5-4-14-10(16-13)15-9-3-2-7(11)6-8(9)12/h2-3,6H,4-5,13H2,1H3,(H2,14,15,16). The van der Waals surface area contributed by atoms with E-state index in [1.165, 1.54) is 0 Å². The molecule has 0 bridgehead atoms. The lowest BCUT2D eigenvalue weighted by atomic mass is 10.3. The average Bonchev–Trinajstić information content (AvgIpc) is 2.31. The van der Waals surface area contributed by atoms with Gasteiger partial charge in [0.15, 0.2) is 0 Å². The minimum absolute atomic E-state index is 0.488. The highest BCUT2D eigenvalue weighted by Gasteiger charge is 2.03. The molecule has 0 radical (unpaired) electrons. The van der Waals surface area contributed by atoms with Gasteiger partial charge in [0.25, 0.3) is 0 Å². The van der Waals surface area contributed by atoms with Crippen LogP contribution in [0.15, 0.2) is 23.2 Å². The van der Waals surface area contributed by atoms with E-state index in [1.54, 1.807) is 13.2 Å². The summed E-state index contributed by atoms with van der Waals surface area (Å²) in [5.74, 6) is 5.86. The topological polar surface area (TPSA) is 71.7 Å². The van der Waals surface area contributed by atoms with Gasteiger partial charge < -0.3 is 10.1 Å². The fraction of sp³-hybridized carbons (Fsp3) is 0.300.